The zero-order chi connectivity index (χ0) is 32.7. The van der Waals surface area contributed by atoms with Crippen LogP contribution in [0.1, 0.15) is 54.9 Å². The molecule has 0 bridgehead atoms. The molecule has 3 heterocycles. The molecule has 2 N–H and O–H groups in total. The Kier molecular flexibility index (Phi) is 3.48. The summed E-state index contributed by atoms with van der Waals surface area (Å²) < 4.78 is 98.4. The molecule has 0 saturated carbocycles. The second kappa shape index (κ2) is 9.33. The lowest BCUT2D eigenvalue weighted by Gasteiger charge is -2.29. The van der Waals surface area contributed by atoms with E-state index in [1.807, 2.05) is 0 Å². The van der Waals surface area contributed by atoms with Gasteiger partial charge in [-0.15, -0.1) is 0 Å². The van der Waals surface area contributed by atoms with Gasteiger partial charge in [-0.25, -0.2) is 0 Å². The zero-order valence-electron chi connectivity index (χ0n) is 28.4. The van der Waals surface area contributed by atoms with E-state index in [0.717, 1.165) is 6.07 Å². The van der Waals surface area contributed by atoms with Crippen molar-refractivity contribution in [3.8, 4) is 0 Å². The van der Waals surface area contributed by atoms with Gasteiger partial charge >= 0.3 is 0 Å². The average molecular weight is 460 g/mol. The second-order valence-electron chi connectivity index (χ2n) is 7.40. The van der Waals surface area contributed by atoms with Crippen molar-refractivity contribution < 1.29 is 34.2 Å². The highest BCUT2D eigenvalue weighted by Gasteiger charge is 2.39. The minimum atomic E-state index is -3.71. The Morgan fingerprint density at radius 2 is 1.88 bits per heavy atom. The lowest BCUT2D eigenvalue weighted by Crippen LogP contribution is -2.52. The van der Waals surface area contributed by atoms with Gasteiger partial charge in [0.1, 0.15) is 6.02 Å². The number of anilines is 1. The number of fused-ring (bicyclic) bond motifs is 1. The van der Waals surface area contributed by atoms with Crippen molar-refractivity contribution in [2.75, 3.05) is 31.6 Å². The van der Waals surface area contributed by atoms with E-state index >= 15 is 0 Å². The second-order valence-corrected chi connectivity index (χ2v) is 7.40. The van der Waals surface area contributed by atoms with Crippen molar-refractivity contribution in [2.45, 2.75) is 38.3 Å². The maximum absolute atomic E-state index is 13.5. The summed E-state index contributed by atoms with van der Waals surface area (Å²) in [5.74, 6) is -4.77. The summed E-state index contributed by atoms with van der Waals surface area (Å²) in [6.07, 6.45) is -7.21. The zero-order valence-corrected chi connectivity index (χ0v) is 17.4. The van der Waals surface area contributed by atoms with Gasteiger partial charge in [0.2, 0.25) is 11.8 Å². The summed E-state index contributed by atoms with van der Waals surface area (Å²) in [6, 6.07) is 5.63. The summed E-state index contributed by atoms with van der Waals surface area (Å²) in [5, 5.41) is 4.07. The SMILES string of the molecule is [2H]C([2H])(Nc1cccc2c1C([2H])([2H])N([C@]1([2H])C(=O)NC(=O)C([2H])([2H])C1([2H])[2H])C2=O)c1ccc(C([2H])([2H])N2CCOCC2)cc1. The minimum absolute atomic E-state index is 0.0185. The summed E-state index contributed by atoms with van der Waals surface area (Å²) in [4.78, 5) is 40.1. The first-order chi connectivity index (χ1) is 20.2. The molecule has 1 atom stereocenters. The molecule has 0 radical (unpaired) electrons. The van der Waals surface area contributed by atoms with Crippen LogP contribution in [0.3, 0.4) is 0 Å². The largest absolute Gasteiger partial charge is 0.381 e. The molecule has 2 fully saturated rings. The van der Waals surface area contributed by atoms with Crippen LogP contribution in [0.5, 0.6) is 0 Å². The first-order valence-corrected chi connectivity index (χ1v) is 10.3. The van der Waals surface area contributed by atoms with Crippen LogP contribution in [0, 0.1) is 0 Å². The van der Waals surface area contributed by atoms with Crippen molar-refractivity contribution in [3.63, 3.8) is 0 Å². The van der Waals surface area contributed by atoms with Gasteiger partial charge < -0.3 is 15.0 Å². The van der Waals surface area contributed by atoms with Gasteiger partial charge in [-0.1, -0.05) is 30.3 Å². The maximum Gasteiger partial charge on any atom is 0.255 e. The Hall–Kier alpha value is -3.23. The van der Waals surface area contributed by atoms with E-state index in [1.54, 1.807) is 4.90 Å². The fourth-order valence-electron chi connectivity index (χ4n) is 3.54. The quantitative estimate of drug-likeness (QED) is 0.641. The van der Waals surface area contributed by atoms with E-state index < -0.39 is 67.1 Å². The molecule has 5 rings (SSSR count). The predicted molar refractivity (Wildman–Crippen MR) is 122 cm³/mol. The summed E-state index contributed by atoms with van der Waals surface area (Å²) in [5.41, 5.74) is -0.943. The summed E-state index contributed by atoms with van der Waals surface area (Å²) >= 11 is 0. The summed E-state index contributed by atoms with van der Waals surface area (Å²) in [7, 11) is 0. The Morgan fingerprint density at radius 1 is 1.12 bits per heavy atom. The molecule has 172 valence electrons. The number of morpholine rings is 1. The van der Waals surface area contributed by atoms with Crippen LogP contribution in [0.2, 0.25) is 0 Å². The molecule has 0 aliphatic carbocycles. The fourth-order valence-corrected chi connectivity index (χ4v) is 3.54. The first-order valence-electron chi connectivity index (χ1n) is 15.8. The molecule has 3 aliphatic heterocycles. The Labute approximate surface area is 208 Å². The number of piperidine rings is 1. The number of ether oxygens (including phenoxy) is 1. The third kappa shape index (κ3) is 4.62. The van der Waals surface area contributed by atoms with Crippen LogP contribution in [-0.2, 0) is 33.8 Å². The van der Waals surface area contributed by atoms with Crippen LogP contribution in [0.15, 0.2) is 42.5 Å². The van der Waals surface area contributed by atoms with Crippen LogP contribution in [0.25, 0.3) is 0 Å². The molecule has 3 amide bonds. The van der Waals surface area contributed by atoms with Gasteiger partial charge in [-0.2, -0.15) is 0 Å². The molecule has 8 heteroatoms. The van der Waals surface area contributed by atoms with Gasteiger partial charge in [0.25, 0.3) is 5.91 Å². The normalized spacial score (nSPS) is 33.8. The van der Waals surface area contributed by atoms with Crippen molar-refractivity contribution in [2.24, 2.45) is 0 Å². The van der Waals surface area contributed by atoms with Crippen molar-refractivity contribution in [1.82, 2.24) is 15.1 Å². The molecule has 3 aliphatic rings. The van der Waals surface area contributed by atoms with Gasteiger partial charge in [-0.3, -0.25) is 24.6 Å². The maximum atomic E-state index is 13.5. The number of benzene rings is 2. The minimum Gasteiger partial charge on any atom is -0.381 e. The molecule has 0 spiro atoms. The van der Waals surface area contributed by atoms with Gasteiger partial charge in [-0.05, 0) is 29.6 Å². The summed E-state index contributed by atoms with van der Waals surface area (Å²) in [6.45, 7) is -5.96. The average Bonchev–Trinajstić information content (AvgIpc) is 3.17. The highest BCUT2D eigenvalue weighted by Crippen LogP contribution is 2.32. The van der Waals surface area contributed by atoms with E-state index in [4.69, 9.17) is 19.8 Å². The Balaban J connectivity index is 1.49. The lowest BCUT2D eigenvalue weighted by atomic mass is 10.0. The Bertz CT molecular complexity index is 1530. The van der Waals surface area contributed by atoms with E-state index in [0.29, 0.717) is 26.3 Å². The number of carbonyl (C=O) groups is 3. The highest BCUT2D eigenvalue weighted by molar-refractivity contribution is 6.06. The molecule has 8 nitrogen and oxygen atoms in total. The third-order valence-electron chi connectivity index (χ3n) is 5.21. The molecule has 2 aromatic carbocycles. The van der Waals surface area contributed by atoms with Crippen molar-refractivity contribution >= 4 is 23.4 Å². The van der Waals surface area contributed by atoms with E-state index in [1.165, 1.54) is 41.7 Å². The smallest absolute Gasteiger partial charge is 0.255 e. The van der Waals surface area contributed by atoms with E-state index in [9.17, 15) is 14.4 Å². The van der Waals surface area contributed by atoms with Gasteiger partial charge in [0.05, 0.1) is 20.1 Å². The number of nitrogens with one attached hydrogen (secondary N) is 2. The van der Waals surface area contributed by atoms with E-state index in [2.05, 4.69) is 5.32 Å². The standard InChI is InChI=1S/C25H28N4O4/c30-23-9-8-22(24(31)27-23)29-16-20-19(25(29)32)2-1-3-21(20)26-14-17-4-6-18(7-5-17)15-28-10-12-33-13-11-28/h1-7,22,26H,8-16H2,(H,27,30,31)/t22-/m0/s1/i8D2,9D2,14D2,15D2,16D2,22D. The number of carbonyl (C=O) groups excluding carboxylic acids is 3. The number of rotatable bonds is 6. The van der Waals surface area contributed by atoms with Crippen molar-refractivity contribution in [1.29, 1.82) is 0 Å². The van der Waals surface area contributed by atoms with E-state index in [-0.39, 0.29) is 21.7 Å². The van der Waals surface area contributed by atoms with Crippen molar-refractivity contribution in [3.05, 3.63) is 64.7 Å². The van der Waals surface area contributed by atoms with Crippen LogP contribution >= 0.6 is 0 Å². The number of nitrogens with zero attached hydrogens (tertiary/aromatic N) is 2. The molecule has 2 saturated heterocycles. The molecular formula is C25H28N4O4. The third-order valence-corrected chi connectivity index (χ3v) is 5.21. The first kappa shape index (κ1) is 12.3. The highest BCUT2D eigenvalue weighted by atomic mass is 16.5. The Morgan fingerprint density at radius 3 is 2.67 bits per heavy atom. The molecule has 33 heavy (non-hydrogen) atoms. The van der Waals surface area contributed by atoms with Crippen LogP contribution in [-0.4, -0.2) is 59.8 Å². The molecule has 2 aromatic rings. The monoisotopic (exact) mass is 459 g/mol. The van der Waals surface area contributed by atoms with Crippen LogP contribution < -0.4 is 10.6 Å². The number of hydrogen-bond acceptors (Lipinski definition) is 6. The lowest BCUT2D eigenvalue weighted by molar-refractivity contribution is -0.136. The number of imide groups is 1. The molecular weight excluding hydrogens is 420 g/mol. The number of hydrogen-bond donors (Lipinski definition) is 2. The molecule has 0 unspecified atom stereocenters. The van der Waals surface area contributed by atoms with Gasteiger partial charge in [0.15, 0.2) is 0 Å². The topological polar surface area (TPSA) is 91.0 Å². The molecule has 0 aromatic heterocycles. The predicted octanol–water partition coefficient (Wildman–Crippen LogP) is 1.89. The number of amides is 3. The fraction of sp³-hybridized carbons (Fsp3) is 0.400. The van der Waals surface area contributed by atoms with Gasteiger partial charge in [0, 0.05) is 64.0 Å². The van der Waals surface area contributed by atoms with Crippen LogP contribution in [0.4, 0.5) is 5.69 Å².